The van der Waals surface area contributed by atoms with E-state index >= 15 is 0 Å². The van der Waals surface area contributed by atoms with Crippen molar-refractivity contribution in [1.29, 1.82) is 0 Å². The van der Waals surface area contributed by atoms with Crippen LogP contribution >= 0.6 is 0 Å². The third-order valence-corrected chi connectivity index (χ3v) is 4.79. The van der Waals surface area contributed by atoms with Crippen LogP contribution in [0.4, 0.5) is 5.69 Å². The Balaban J connectivity index is 1.95. The number of rotatable bonds is 7. The summed E-state index contributed by atoms with van der Waals surface area (Å²) in [6, 6.07) is 7.73. The summed E-state index contributed by atoms with van der Waals surface area (Å²) in [5.41, 5.74) is 1.07. The predicted octanol–water partition coefficient (Wildman–Crippen LogP) is 2.22. The van der Waals surface area contributed by atoms with Gasteiger partial charge in [-0.2, -0.15) is 0 Å². The summed E-state index contributed by atoms with van der Waals surface area (Å²) in [5, 5.41) is 11.9. The van der Waals surface area contributed by atoms with Gasteiger partial charge in [-0.3, -0.25) is 14.4 Å². The molecular formula is C19H26N2O4. The number of benzene rings is 1. The van der Waals surface area contributed by atoms with E-state index in [0.29, 0.717) is 13.0 Å². The molecule has 1 aliphatic rings. The fourth-order valence-electron chi connectivity index (χ4n) is 2.94. The average Bonchev–Trinajstić information content (AvgIpc) is 2.96. The van der Waals surface area contributed by atoms with Crippen molar-refractivity contribution in [2.75, 3.05) is 18.0 Å². The first-order valence-corrected chi connectivity index (χ1v) is 8.65. The van der Waals surface area contributed by atoms with Crippen LogP contribution in [0.2, 0.25) is 0 Å². The highest BCUT2D eigenvalue weighted by Gasteiger charge is 2.36. The molecule has 1 aromatic carbocycles. The van der Waals surface area contributed by atoms with Gasteiger partial charge in [0, 0.05) is 25.2 Å². The maximum atomic E-state index is 12.3. The van der Waals surface area contributed by atoms with Crippen LogP contribution in [0.5, 0.6) is 0 Å². The first kappa shape index (κ1) is 19.0. The number of anilines is 1. The number of aryl methyl sites for hydroxylation is 1. The van der Waals surface area contributed by atoms with Crippen molar-refractivity contribution in [3.05, 3.63) is 29.8 Å². The number of amides is 2. The number of hydrogen-bond acceptors (Lipinski definition) is 3. The topological polar surface area (TPSA) is 86.7 Å². The van der Waals surface area contributed by atoms with Crippen molar-refractivity contribution in [2.24, 2.45) is 11.3 Å². The third-order valence-electron chi connectivity index (χ3n) is 4.79. The normalized spacial score (nSPS) is 17.6. The molecule has 0 aromatic heterocycles. The fourth-order valence-corrected chi connectivity index (χ4v) is 2.94. The molecule has 0 spiro atoms. The Morgan fingerprint density at radius 1 is 1.32 bits per heavy atom. The first-order chi connectivity index (χ1) is 11.8. The number of aliphatic carboxylic acids is 1. The monoisotopic (exact) mass is 346 g/mol. The van der Waals surface area contributed by atoms with Crippen LogP contribution in [0.15, 0.2) is 24.3 Å². The zero-order valence-corrected chi connectivity index (χ0v) is 15.0. The number of nitrogens with zero attached hydrogens (tertiary/aromatic N) is 1. The quantitative estimate of drug-likeness (QED) is 0.792. The number of carboxylic acids is 1. The van der Waals surface area contributed by atoms with E-state index in [1.165, 1.54) is 0 Å². The minimum atomic E-state index is -0.889. The smallest absolute Gasteiger partial charge is 0.309 e. The predicted molar refractivity (Wildman–Crippen MR) is 95.3 cm³/mol. The number of nitrogens with one attached hydrogen (secondary N) is 1. The summed E-state index contributed by atoms with van der Waals surface area (Å²) >= 11 is 0. The molecule has 1 heterocycles. The lowest BCUT2D eigenvalue weighted by Gasteiger charge is -2.21. The molecule has 2 N–H and O–H groups in total. The van der Waals surface area contributed by atoms with E-state index in [1.54, 1.807) is 18.7 Å². The Morgan fingerprint density at radius 2 is 2.00 bits per heavy atom. The zero-order chi connectivity index (χ0) is 18.6. The number of carbonyl (C=O) groups is 3. The van der Waals surface area contributed by atoms with Gasteiger partial charge >= 0.3 is 5.97 Å². The van der Waals surface area contributed by atoms with Gasteiger partial charge in [-0.1, -0.05) is 25.1 Å². The van der Waals surface area contributed by atoms with Gasteiger partial charge in [0.25, 0.3) is 0 Å². The molecule has 1 saturated heterocycles. The zero-order valence-electron chi connectivity index (χ0n) is 15.0. The standard InChI is InChI=1S/C19H26N2O4/c1-4-13-7-5-6-8-15(13)21-12-14(11-16(21)22)17(23)20-10-9-19(2,3)18(24)25/h5-8,14H,4,9-12H2,1-3H3,(H,20,23)(H,24,25). The van der Waals surface area contributed by atoms with E-state index in [-0.39, 0.29) is 24.8 Å². The Labute approximate surface area is 148 Å². The lowest BCUT2D eigenvalue weighted by molar-refractivity contribution is -0.147. The molecule has 6 heteroatoms. The highest BCUT2D eigenvalue weighted by atomic mass is 16.4. The van der Waals surface area contributed by atoms with Crippen LogP contribution in [0, 0.1) is 11.3 Å². The highest BCUT2D eigenvalue weighted by Crippen LogP contribution is 2.28. The lowest BCUT2D eigenvalue weighted by Crippen LogP contribution is -2.36. The lowest BCUT2D eigenvalue weighted by atomic mass is 9.89. The third kappa shape index (κ3) is 4.38. The van der Waals surface area contributed by atoms with Gasteiger partial charge in [0.05, 0.1) is 11.3 Å². The van der Waals surface area contributed by atoms with E-state index in [9.17, 15) is 14.4 Å². The van der Waals surface area contributed by atoms with Crippen LogP contribution in [0.3, 0.4) is 0 Å². The van der Waals surface area contributed by atoms with Crippen molar-refractivity contribution >= 4 is 23.5 Å². The van der Waals surface area contributed by atoms with Crippen LogP contribution in [-0.2, 0) is 20.8 Å². The number of hydrogen-bond donors (Lipinski definition) is 2. The molecule has 1 unspecified atom stereocenters. The van der Waals surface area contributed by atoms with E-state index in [2.05, 4.69) is 5.32 Å². The molecule has 136 valence electrons. The van der Waals surface area contributed by atoms with Crippen molar-refractivity contribution in [3.63, 3.8) is 0 Å². The Bertz CT molecular complexity index is 669. The summed E-state index contributed by atoms with van der Waals surface area (Å²) in [6.07, 6.45) is 1.35. The second-order valence-electron chi connectivity index (χ2n) is 7.12. The molecule has 1 aromatic rings. The number of carbonyl (C=O) groups excluding carboxylic acids is 2. The van der Waals surface area contributed by atoms with Gasteiger partial charge in [-0.05, 0) is 38.3 Å². The van der Waals surface area contributed by atoms with E-state index in [1.807, 2.05) is 31.2 Å². The maximum Gasteiger partial charge on any atom is 0.309 e. The van der Waals surface area contributed by atoms with Gasteiger partial charge < -0.3 is 15.3 Å². The average molecular weight is 346 g/mol. The van der Waals surface area contributed by atoms with Crippen molar-refractivity contribution in [1.82, 2.24) is 5.32 Å². The highest BCUT2D eigenvalue weighted by molar-refractivity contribution is 6.00. The Morgan fingerprint density at radius 3 is 2.64 bits per heavy atom. The van der Waals surface area contributed by atoms with Crippen LogP contribution in [0.25, 0.3) is 0 Å². The fraction of sp³-hybridized carbons (Fsp3) is 0.526. The summed E-state index contributed by atoms with van der Waals surface area (Å²) in [7, 11) is 0. The van der Waals surface area contributed by atoms with Gasteiger partial charge in [0.2, 0.25) is 11.8 Å². The number of carboxylic acid groups (broad SMARTS) is 1. The van der Waals surface area contributed by atoms with Crippen molar-refractivity contribution in [3.8, 4) is 0 Å². The molecule has 2 amide bonds. The summed E-state index contributed by atoms with van der Waals surface area (Å²) in [5.74, 6) is -1.52. The molecule has 1 fully saturated rings. The largest absolute Gasteiger partial charge is 0.481 e. The summed E-state index contributed by atoms with van der Waals surface area (Å²) < 4.78 is 0. The molecule has 0 bridgehead atoms. The van der Waals surface area contributed by atoms with Gasteiger partial charge in [0.1, 0.15) is 0 Å². The number of para-hydroxylation sites is 1. The second kappa shape index (κ2) is 7.68. The molecule has 2 rings (SSSR count). The molecule has 0 saturated carbocycles. The van der Waals surface area contributed by atoms with Gasteiger partial charge in [-0.15, -0.1) is 0 Å². The molecular weight excluding hydrogens is 320 g/mol. The Kier molecular flexibility index (Phi) is 5.82. The van der Waals surface area contributed by atoms with E-state index in [0.717, 1.165) is 17.7 Å². The minimum absolute atomic E-state index is 0.0492. The SMILES string of the molecule is CCc1ccccc1N1CC(C(=O)NCCC(C)(C)C(=O)O)CC1=O. The molecule has 0 radical (unpaired) electrons. The molecule has 0 aliphatic carbocycles. The Hall–Kier alpha value is -2.37. The van der Waals surface area contributed by atoms with Crippen LogP contribution in [-0.4, -0.2) is 36.0 Å². The van der Waals surface area contributed by atoms with Gasteiger partial charge in [0.15, 0.2) is 0 Å². The van der Waals surface area contributed by atoms with Crippen LogP contribution < -0.4 is 10.2 Å². The molecule has 1 atom stereocenters. The molecule has 25 heavy (non-hydrogen) atoms. The first-order valence-electron chi connectivity index (χ1n) is 8.65. The summed E-state index contributed by atoms with van der Waals surface area (Å²) in [6.45, 7) is 5.94. The molecule has 1 aliphatic heterocycles. The maximum absolute atomic E-state index is 12.3. The van der Waals surface area contributed by atoms with Crippen molar-refractivity contribution in [2.45, 2.75) is 40.0 Å². The van der Waals surface area contributed by atoms with Crippen molar-refractivity contribution < 1.29 is 19.5 Å². The van der Waals surface area contributed by atoms with Crippen LogP contribution in [0.1, 0.15) is 39.2 Å². The minimum Gasteiger partial charge on any atom is -0.481 e. The second-order valence-corrected chi connectivity index (χ2v) is 7.12. The van der Waals surface area contributed by atoms with E-state index < -0.39 is 17.3 Å². The summed E-state index contributed by atoms with van der Waals surface area (Å²) in [4.78, 5) is 37.5. The molecule has 6 nitrogen and oxygen atoms in total. The van der Waals surface area contributed by atoms with E-state index in [4.69, 9.17) is 5.11 Å². The van der Waals surface area contributed by atoms with Gasteiger partial charge in [-0.25, -0.2) is 0 Å².